The summed E-state index contributed by atoms with van der Waals surface area (Å²) in [7, 11) is 0. The molecule has 0 spiro atoms. The van der Waals surface area contributed by atoms with Gasteiger partial charge < -0.3 is 15.2 Å². The van der Waals surface area contributed by atoms with E-state index in [2.05, 4.69) is 5.32 Å². The van der Waals surface area contributed by atoms with Crippen molar-refractivity contribution in [3.8, 4) is 0 Å². The number of amides is 1. The van der Waals surface area contributed by atoms with Gasteiger partial charge in [0.2, 0.25) is 5.91 Å². The van der Waals surface area contributed by atoms with Crippen molar-refractivity contribution in [2.24, 2.45) is 0 Å². The van der Waals surface area contributed by atoms with Crippen LogP contribution in [0.15, 0.2) is 36.4 Å². The molecule has 4 heteroatoms. The Bertz CT molecular complexity index is 402. The summed E-state index contributed by atoms with van der Waals surface area (Å²) in [5, 5.41) is 12.2. The maximum Gasteiger partial charge on any atom is 0.244 e. The van der Waals surface area contributed by atoms with E-state index in [0.717, 1.165) is 5.56 Å². The number of aliphatic hydroxyl groups excluding tert-OH is 1. The fraction of sp³-hybridized carbons (Fsp3) is 0.308. The summed E-state index contributed by atoms with van der Waals surface area (Å²) < 4.78 is 5.04. The van der Waals surface area contributed by atoms with E-state index in [1.54, 1.807) is 6.08 Å². The first-order chi connectivity index (χ1) is 8.25. The Morgan fingerprint density at radius 2 is 2.12 bits per heavy atom. The molecule has 1 aromatic rings. The highest BCUT2D eigenvalue weighted by Crippen LogP contribution is 2.05. The zero-order chi connectivity index (χ0) is 12.1. The molecule has 90 valence electrons. The van der Waals surface area contributed by atoms with Crippen LogP contribution in [0.25, 0.3) is 6.08 Å². The molecule has 1 aliphatic rings. The van der Waals surface area contributed by atoms with Crippen molar-refractivity contribution in [1.29, 1.82) is 0 Å². The Morgan fingerprint density at radius 3 is 2.76 bits per heavy atom. The summed E-state index contributed by atoms with van der Waals surface area (Å²) in [6.45, 7) is 0.652. The van der Waals surface area contributed by atoms with Crippen LogP contribution >= 0.6 is 0 Å². The lowest BCUT2D eigenvalue weighted by Crippen LogP contribution is -2.41. The lowest BCUT2D eigenvalue weighted by Gasteiger charge is -2.12. The van der Waals surface area contributed by atoms with E-state index in [1.165, 1.54) is 6.08 Å². The fourth-order valence-electron chi connectivity index (χ4n) is 1.65. The van der Waals surface area contributed by atoms with Gasteiger partial charge >= 0.3 is 0 Å². The van der Waals surface area contributed by atoms with Crippen molar-refractivity contribution < 1.29 is 14.6 Å². The predicted octanol–water partition coefficient (Wildman–Crippen LogP) is 0.576. The van der Waals surface area contributed by atoms with Crippen LogP contribution in [0.1, 0.15) is 5.56 Å². The summed E-state index contributed by atoms with van der Waals surface area (Å²) in [6.07, 6.45) is 2.59. The number of carbonyl (C=O) groups excluding carboxylic acids is 1. The van der Waals surface area contributed by atoms with E-state index in [-0.39, 0.29) is 18.6 Å². The summed E-state index contributed by atoms with van der Waals surface area (Å²) >= 11 is 0. The second-order valence-corrected chi connectivity index (χ2v) is 3.96. The van der Waals surface area contributed by atoms with E-state index in [9.17, 15) is 9.90 Å². The van der Waals surface area contributed by atoms with Crippen molar-refractivity contribution in [3.63, 3.8) is 0 Å². The van der Waals surface area contributed by atoms with Gasteiger partial charge in [0.25, 0.3) is 0 Å². The molecular formula is C13H15NO3. The number of ether oxygens (including phenoxy) is 1. The molecule has 17 heavy (non-hydrogen) atoms. The molecule has 2 N–H and O–H groups in total. The Hall–Kier alpha value is -1.65. The highest BCUT2D eigenvalue weighted by molar-refractivity contribution is 5.91. The van der Waals surface area contributed by atoms with Crippen molar-refractivity contribution in [2.45, 2.75) is 12.1 Å². The fourth-order valence-corrected chi connectivity index (χ4v) is 1.65. The molecule has 0 unspecified atom stereocenters. The van der Waals surface area contributed by atoms with Gasteiger partial charge in [0.1, 0.15) is 0 Å². The lowest BCUT2D eigenvalue weighted by atomic mass is 10.2. The van der Waals surface area contributed by atoms with Gasteiger partial charge in [-0.25, -0.2) is 0 Å². The molecule has 4 nitrogen and oxygen atoms in total. The first-order valence-electron chi connectivity index (χ1n) is 5.55. The Balaban J connectivity index is 1.87. The maximum atomic E-state index is 11.6. The topological polar surface area (TPSA) is 58.6 Å². The third-order valence-corrected chi connectivity index (χ3v) is 2.60. The van der Waals surface area contributed by atoms with Gasteiger partial charge in [0.15, 0.2) is 0 Å². The molecule has 1 aliphatic heterocycles. The van der Waals surface area contributed by atoms with Gasteiger partial charge in [0, 0.05) is 6.08 Å². The molecule has 2 atom stereocenters. The average Bonchev–Trinajstić information content (AvgIpc) is 2.74. The molecule has 1 heterocycles. The lowest BCUT2D eigenvalue weighted by molar-refractivity contribution is -0.117. The molecule has 0 saturated carbocycles. The van der Waals surface area contributed by atoms with E-state index in [1.807, 2.05) is 30.3 Å². The van der Waals surface area contributed by atoms with Gasteiger partial charge in [-0.15, -0.1) is 0 Å². The second-order valence-electron chi connectivity index (χ2n) is 3.96. The van der Waals surface area contributed by atoms with Crippen LogP contribution in [-0.4, -0.2) is 36.4 Å². The van der Waals surface area contributed by atoms with Crippen molar-refractivity contribution in [1.82, 2.24) is 5.32 Å². The summed E-state index contributed by atoms with van der Waals surface area (Å²) in [5.41, 5.74) is 0.964. The van der Waals surface area contributed by atoms with Crippen molar-refractivity contribution in [2.75, 3.05) is 13.2 Å². The van der Waals surface area contributed by atoms with Gasteiger partial charge in [-0.3, -0.25) is 4.79 Å². The maximum absolute atomic E-state index is 11.6. The minimum absolute atomic E-state index is 0.219. The normalized spacial score (nSPS) is 24.1. The highest BCUT2D eigenvalue weighted by atomic mass is 16.5. The quantitative estimate of drug-likeness (QED) is 0.751. The summed E-state index contributed by atoms with van der Waals surface area (Å²) in [4.78, 5) is 11.6. The minimum atomic E-state index is -0.607. The van der Waals surface area contributed by atoms with Crippen molar-refractivity contribution >= 4 is 12.0 Å². The number of carbonyl (C=O) groups is 1. The highest BCUT2D eigenvalue weighted by Gasteiger charge is 2.26. The van der Waals surface area contributed by atoms with Crippen LogP contribution in [0.2, 0.25) is 0 Å². The number of rotatable bonds is 3. The van der Waals surface area contributed by atoms with Gasteiger partial charge in [0.05, 0.1) is 25.4 Å². The molecule has 0 aliphatic carbocycles. The monoisotopic (exact) mass is 233 g/mol. The third kappa shape index (κ3) is 3.41. The van der Waals surface area contributed by atoms with Crippen LogP contribution < -0.4 is 5.32 Å². The molecule has 0 bridgehead atoms. The Labute approximate surface area is 99.9 Å². The largest absolute Gasteiger partial charge is 0.388 e. The number of hydrogen-bond donors (Lipinski definition) is 2. The first-order valence-corrected chi connectivity index (χ1v) is 5.55. The zero-order valence-corrected chi connectivity index (χ0v) is 9.37. The van der Waals surface area contributed by atoms with Crippen LogP contribution in [-0.2, 0) is 9.53 Å². The standard InChI is InChI=1S/C13H15NO3/c15-12-9-17-8-11(12)14-13(16)7-6-10-4-2-1-3-5-10/h1-7,11-12,15H,8-9H2,(H,14,16)/t11-,12+/m0/s1. The van der Waals surface area contributed by atoms with Crippen LogP contribution in [0.5, 0.6) is 0 Å². The zero-order valence-electron chi connectivity index (χ0n) is 9.37. The summed E-state index contributed by atoms with van der Waals surface area (Å²) in [6, 6.07) is 9.26. The first kappa shape index (κ1) is 11.8. The number of nitrogens with one attached hydrogen (secondary N) is 1. The molecule has 2 rings (SSSR count). The average molecular weight is 233 g/mol. The van der Waals surface area contributed by atoms with Crippen LogP contribution in [0.4, 0.5) is 0 Å². The van der Waals surface area contributed by atoms with E-state index < -0.39 is 6.10 Å². The SMILES string of the molecule is O=C(C=Cc1ccccc1)N[C@H]1COC[C@H]1O. The van der Waals surface area contributed by atoms with Gasteiger partial charge in [-0.2, -0.15) is 0 Å². The van der Waals surface area contributed by atoms with Gasteiger partial charge in [-0.05, 0) is 11.6 Å². The smallest absolute Gasteiger partial charge is 0.244 e. The molecule has 0 aromatic heterocycles. The van der Waals surface area contributed by atoms with E-state index in [4.69, 9.17) is 4.74 Å². The number of hydrogen-bond acceptors (Lipinski definition) is 3. The van der Waals surface area contributed by atoms with Crippen LogP contribution in [0.3, 0.4) is 0 Å². The Morgan fingerprint density at radius 1 is 1.35 bits per heavy atom. The molecule has 1 amide bonds. The third-order valence-electron chi connectivity index (χ3n) is 2.60. The van der Waals surface area contributed by atoms with Gasteiger partial charge in [-0.1, -0.05) is 30.3 Å². The van der Waals surface area contributed by atoms with E-state index in [0.29, 0.717) is 6.61 Å². The molecule has 1 saturated heterocycles. The molecular weight excluding hydrogens is 218 g/mol. The van der Waals surface area contributed by atoms with E-state index >= 15 is 0 Å². The minimum Gasteiger partial charge on any atom is -0.388 e. The molecule has 1 fully saturated rings. The second kappa shape index (κ2) is 5.61. The predicted molar refractivity (Wildman–Crippen MR) is 64.2 cm³/mol. The van der Waals surface area contributed by atoms with Crippen molar-refractivity contribution in [3.05, 3.63) is 42.0 Å². The molecule has 0 radical (unpaired) electrons. The molecule has 1 aromatic carbocycles. The van der Waals surface area contributed by atoms with Crippen LogP contribution in [0, 0.1) is 0 Å². The number of aliphatic hydroxyl groups is 1. The Kier molecular flexibility index (Phi) is 3.90. The number of benzene rings is 1. The summed E-state index contributed by atoms with van der Waals surface area (Å²) in [5.74, 6) is -0.219.